The molecule has 0 fully saturated rings. The molecule has 0 aliphatic carbocycles. The second-order valence-electron chi connectivity index (χ2n) is 17.1. The summed E-state index contributed by atoms with van der Waals surface area (Å²) in [4.78, 5) is 26.9. The number of benzene rings is 4. The van der Waals surface area contributed by atoms with E-state index in [9.17, 15) is 72.3 Å². The molecule has 0 saturated heterocycles. The largest absolute Gasteiger partial charge is 1.00 e. The second-order valence-corrected chi connectivity index (χ2v) is 22.7. The van der Waals surface area contributed by atoms with Crippen LogP contribution >= 0.6 is 0 Å². The zero-order chi connectivity index (χ0) is 55.9. The molecule has 0 amide bonds. The summed E-state index contributed by atoms with van der Waals surface area (Å²) in [6.45, 7) is 5.67. The first-order chi connectivity index (χ1) is 35.4. The molecule has 0 aliphatic heterocycles. The molecule has 6 aromatic rings. The fourth-order valence-corrected chi connectivity index (χ4v) is 9.43. The molecule has 6 rings (SSSR count). The molecule has 33 heteroatoms. The molecule has 0 spiro atoms. The molecule has 2 aromatic heterocycles. The Morgan fingerprint density at radius 1 is 0.429 bits per heavy atom. The van der Waals surface area contributed by atoms with E-state index in [4.69, 9.17) is 0 Å². The van der Waals surface area contributed by atoms with E-state index in [1.54, 1.807) is 0 Å². The van der Waals surface area contributed by atoms with Gasteiger partial charge in [-0.3, -0.25) is 18.2 Å². The normalized spacial score (nSPS) is 13.7. The molecule has 0 saturated carbocycles. The molecular formula is C44H53N12NaO16S4. The molecule has 77 heavy (non-hydrogen) atoms. The summed E-state index contributed by atoms with van der Waals surface area (Å²) in [7, 11) is -19.1. The van der Waals surface area contributed by atoms with Gasteiger partial charge in [0, 0.05) is 48.9 Å². The first-order valence-electron chi connectivity index (χ1n) is 22.3. The van der Waals surface area contributed by atoms with Crippen molar-refractivity contribution in [3.63, 3.8) is 0 Å². The quantitative estimate of drug-likeness (QED) is 0.0222. The predicted molar refractivity (Wildman–Crippen MR) is 279 cm³/mol. The van der Waals surface area contributed by atoms with Crippen LogP contribution in [0.1, 0.15) is 40.2 Å². The second kappa shape index (κ2) is 25.6. The number of aliphatic hydroxyl groups excluding tert-OH is 4. The van der Waals surface area contributed by atoms with Gasteiger partial charge in [0.2, 0.25) is 35.7 Å². The molecule has 2 heterocycles. The fraction of sp³-hybridized carbons (Fsp3) is 0.273. The number of anilines is 10. The van der Waals surface area contributed by atoms with E-state index in [-0.39, 0.29) is 127 Å². The van der Waals surface area contributed by atoms with Crippen molar-refractivity contribution in [2.24, 2.45) is 0 Å². The summed E-state index contributed by atoms with van der Waals surface area (Å²) < 4.78 is 137. The Labute approximate surface area is 466 Å². The maximum absolute atomic E-state index is 12.9. The van der Waals surface area contributed by atoms with Crippen molar-refractivity contribution >= 4 is 111 Å². The number of aliphatic hydroxyl groups is 4. The minimum Gasteiger partial charge on any atom is -1.00 e. The van der Waals surface area contributed by atoms with Crippen molar-refractivity contribution in [3.8, 4) is 0 Å². The molecule has 4 aromatic carbocycles. The standard InChI is InChI=1S/C44H52N12O16S4.Na.H/c1-25(57)21-55(22-26(2)58)43-51-39(45-31-11-15-35(16-12-31)73(61,62)63)49-41(53-43)47-33-9-7-29(37(19-33)75(67,68)69)5-6-30-8-10-34(20-38(30)76(70,71)72)48-42-50-40(46-32-13-17-36(18-14-32)74(64,65)66)52-44(54-42)56(23-27(3)59)24-28(4)60;;/h5-20,25-28,57-60H,21-24H2,1-4H3,(H,61,62,63)(H,64,65,66)(H,67,68,69)(H,70,71,72)(H2,45,47,49,51,53)(H2,46,48,50,52,54);;/q;+1;-1/b6-5+;;. The van der Waals surface area contributed by atoms with Crippen LogP contribution in [-0.2, 0) is 40.5 Å². The van der Waals surface area contributed by atoms with E-state index in [1.165, 1.54) is 86.0 Å². The van der Waals surface area contributed by atoms with E-state index in [2.05, 4.69) is 51.2 Å². The summed E-state index contributed by atoms with van der Waals surface area (Å²) >= 11 is 0. The molecule has 28 nitrogen and oxygen atoms in total. The van der Waals surface area contributed by atoms with Crippen molar-refractivity contribution in [1.82, 2.24) is 29.9 Å². The van der Waals surface area contributed by atoms with Crippen molar-refractivity contribution in [1.29, 1.82) is 0 Å². The minimum absolute atomic E-state index is 0. The average Bonchev–Trinajstić information content (AvgIpc) is 3.29. The smallest absolute Gasteiger partial charge is 1.00 e. The molecule has 0 bridgehead atoms. The first kappa shape index (κ1) is 61.8. The number of aromatic nitrogens is 6. The van der Waals surface area contributed by atoms with Gasteiger partial charge in [-0.25, -0.2) is 0 Å². The van der Waals surface area contributed by atoms with Gasteiger partial charge in [0.05, 0.1) is 34.2 Å². The molecule has 0 aliphatic rings. The first-order valence-corrected chi connectivity index (χ1v) is 28.0. The van der Waals surface area contributed by atoms with Gasteiger partial charge in [-0.15, -0.1) is 0 Å². The van der Waals surface area contributed by atoms with Crippen LogP contribution in [-0.4, -0.2) is 153 Å². The van der Waals surface area contributed by atoms with Gasteiger partial charge < -0.3 is 52.9 Å². The Hall–Kier alpha value is -6.08. The fourth-order valence-electron chi connectivity index (χ4n) is 7.05. The summed E-state index contributed by atoms with van der Waals surface area (Å²) in [5.74, 6) is -0.949. The Morgan fingerprint density at radius 3 is 0.935 bits per heavy atom. The van der Waals surface area contributed by atoms with Crippen LogP contribution in [0.5, 0.6) is 0 Å². The van der Waals surface area contributed by atoms with Crippen LogP contribution in [0.4, 0.5) is 58.4 Å². The van der Waals surface area contributed by atoms with E-state index in [0.29, 0.717) is 0 Å². The van der Waals surface area contributed by atoms with E-state index in [0.717, 1.165) is 48.6 Å². The minimum atomic E-state index is -5.05. The van der Waals surface area contributed by atoms with Crippen molar-refractivity contribution in [2.75, 3.05) is 57.2 Å². The van der Waals surface area contributed by atoms with Gasteiger partial charge in [0.25, 0.3) is 40.5 Å². The average molecular weight is 1160 g/mol. The Balaban J connectivity index is 0.00000656. The van der Waals surface area contributed by atoms with Crippen LogP contribution < -0.4 is 60.6 Å². The molecule has 12 N–H and O–H groups in total. The molecule has 0 radical (unpaired) electrons. The van der Waals surface area contributed by atoms with Crippen LogP contribution in [0.25, 0.3) is 12.2 Å². The van der Waals surface area contributed by atoms with Gasteiger partial charge >= 0.3 is 29.6 Å². The zero-order valence-electron chi connectivity index (χ0n) is 42.4. The molecule has 410 valence electrons. The Morgan fingerprint density at radius 2 is 0.688 bits per heavy atom. The third-order valence-corrected chi connectivity index (χ3v) is 13.7. The van der Waals surface area contributed by atoms with Crippen LogP contribution in [0, 0.1) is 0 Å². The van der Waals surface area contributed by atoms with Gasteiger partial charge in [-0.05, 0) is 112 Å². The Bertz CT molecular complexity index is 3300. The molecule has 4 unspecified atom stereocenters. The van der Waals surface area contributed by atoms with Gasteiger partial charge in [0.1, 0.15) is 9.79 Å². The van der Waals surface area contributed by atoms with E-state index in [1.807, 2.05) is 0 Å². The number of hydrogen-bond acceptors (Lipinski definition) is 24. The summed E-state index contributed by atoms with van der Waals surface area (Å²) in [5, 5.41) is 52.3. The monoisotopic (exact) mass is 1160 g/mol. The van der Waals surface area contributed by atoms with Gasteiger partial charge in [0.15, 0.2) is 0 Å². The molecule has 4 atom stereocenters. The van der Waals surface area contributed by atoms with Crippen LogP contribution in [0.2, 0.25) is 0 Å². The number of hydrogen-bond donors (Lipinski definition) is 12. The van der Waals surface area contributed by atoms with Gasteiger partial charge in [-0.1, -0.05) is 24.3 Å². The topological polar surface area (TPSA) is 430 Å². The summed E-state index contributed by atoms with van der Waals surface area (Å²) in [6, 6.07) is 16.9. The third kappa shape index (κ3) is 18.3. The maximum atomic E-state index is 12.9. The maximum Gasteiger partial charge on any atom is 1.00 e. The van der Waals surface area contributed by atoms with Gasteiger partial charge in [-0.2, -0.15) is 63.6 Å². The number of nitrogens with zero attached hydrogens (tertiary/aromatic N) is 8. The van der Waals surface area contributed by atoms with Crippen molar-refractivity contribution < 1.29 is 103 Å². The van der Waals surface area contributed by atoms with Crippen LogP contribution in [0.3, 0.4) is 0 Å². The number of rotatable bonds is 24. The molecular weight excluding hydrogens is 1100 g/mol. The predicted octanol–water partition coefficient (Wildman–Crippen LogP) is 0.441. The van der Waals surface area contributed by atoms with Crippen LogP contribution in [0.15, 0.2) is 105 Å². The third-order valence-electron chi connectivity index (χ3n) is 10.1. The van der Waals surface area contributed by atoms with E-state index >= 15 is 0 Å². The Kier molecular flexibility index (Phi) is 20.5. The van der Waals surface area contributed by atoms with Crippen molar-refractivity contribution in [2.45, 2.75) is 71.7 Å². The SMILES string of the molecule is CC(O)CN(CC(C)O)c1nc(Nc2ccc(S(=O)(=O)O)cc2)nc(Nc2ccc(/C=C/c3ccc(Nc4nc(Nc5ccc(S(=O)(=O)O)cc5)nc(N(CC(C)O)CC(C)O)n4)cc3S(=O)(=O)O)c(S(=O)(=O)O)c2)n1.[H-].[Na+]. The summed E-state index contributed by atoms with van der Waals surface area (Å²) in [6.07, 6.45) is -1.48. The zero-order valence-corrected chi connectivity index (χ0v) is 46.7. The van der Waals surface area contributed by atoms with Crippen molar-refractivity contribution in [3.05, 3.63) is 96.1 Å². The van der Waals surface area contributed by atoms with E-state index < -0.39 is 84.5 Å². The number of nitrogens with one attached hydrogen (secondary N) is 4. The summed E-state index contributed by atoms with van der Waals surface area (Å²) in [5.41, 5.74) is 0.108.